The lowest BCUT2D eigenvalue weighted by molar-refractivity contribution is 0.136. The van der Waals surface area contributed by atoms with Crippen LogP contribution in [-0.2, 0) is 14.6 Å². The summed E-state index contributed by atoms with van der Waals surface area (Å²) in [7, 11) is -2.90. The molecule has 0 rings (SSSR count). The van der Waals surface area contributed by atoms with Crippen molar-refractivity contribution in [3.8, 4) is 0 Å². The van der Waals surface area contributed by atoms with E-state index in [2.05, 4.69) is 5.43 Å². The molecule has 14 heavy (non-hydrogen) atoms. The Labute approximate surface area is 85.9 Å². The average molecular weight is 224 g/mol. The number of nitrogens with two attached hydrogens (primary N) is 1. The van der Waals surface area contributed by atoms with E-state index in [1.54, 1.807) is 0 Å². The zero-order valence-corrected chi connectivity index (χ0v) is 9.64. The summed E-state index contributed by atoms with van der Waals surface area (Å²) >= 11 is 0. The minimum Gasteiger partial charge on any atom is -0.382 e. The van der Waals surface area contributed by atoms with E-state index in [9.17, 15) is 8.42 Å². The van der Waals surface area contributed by atoms with Gasteiger partial charge >= 0.3 is 0 Å². The van der Waals surface area contributed by atoms with Crippen LogP contribution in [0.25, 0.3) is 0 Å². The van der Waals surface area contributed by atoms with Gasteiger partial charge in [-0.2, -0.15) is 0 Å². The van der Waals surface area contributed by atoms with Gasteiger partial charge in [-0.3, -0.25) is 11.3 Å². The van der Waals surface area contributed by atoms with Gasteiger partial charge in [-0.25, -0.2) is 8.42 Å². The summed E-state index contributed by atoms with van der Waals surface area (Å²) in [6, 6.07) is 0.0104. The van der Waals surface area contributed by atoms with Gasteiger partial charge in [0, 0.05) is 25.5 Å². The molecule has 0 saturated heterocycles. The van der Waals surface area contributed by atoms with Crippen molar-refractivity contribution in [1.82, 2.24) is 5.43 Å². The maximum absolute atomic E-state index is 10.9. The predicted octanol–water partition coefficient (Wildman–Crippen LogP) is -0.320. The van der Waals surface area contributed by atoms with E-state index in [1.807, 2.05) is 6.92 Å². The largest absolute Gasteiger partial charge is 0.382 e. The van der Waals surface area contributed by atoms with Crippen molar-refractivity contribution >= 4 is 9.84 Å². The second-order valence-corrected chi connectivity index (χ2v) is 5.53. The number of hydrogen-bond donors (Lipinski definition) is 2. The van der Waals surface area contributed by atoms with Crippen LogP contribution in [-0.4, -0.2) is 39.7 Å². The van der Waals surface area contributed by atoms with Gasteiger partial charge in [0.25, 0.3) is 0 Å². The summed E-state index contributed by atoms with van der Waals surface area (Å²) in [4.78, 5) is 0. The molecule has 0 amide bonds. The Morgan fingerprint density at radius 2 is 2.07 bits per heavy atom. The van der Waals surface area contributed by atoms with Crippen molar-refractivity contribution in [2.24, 2.45) is 5.84 Å². The van der Waals surface area contributed by atoms with E-state index in [4.69, 9.17) is 10.6 Å². The molecule has 1 atom stereocenters. The summed E-state index contributed by atoms with van der Waals surface area (Å²) < 4.78 is 26.9. The number of rotatable bonds is 8. The summed E-state index contributed by atoms with van der Waals surface area (Å²) in [5.74, 6) is 5.44. The normalized spacial score (nSPS) is 14.2. The third-order valence-electron chi connectivity index (χ3n) is 1.89. The van der Waals surface area contributed by atoms with Crippen LogP contribution in [0.15, 0.2) is 0 Å². The molecule has 0 saturated carbocycles. The highest BCUT2D eigenvalue weighted by Crippen LogP contribution is 2.00. The van der Waals surface area contributed by atoms with Crippen LogP contribution in [0.2, 0.25) is 0 Å². The quantitative estimate of drug-likeness (QED) is 0.335. The molecule has 0 heterocycles. The molecule has 5 nitrogen and oxygen atoms in total. The summed E-state index contributed by atoms with van der Waals surface area (Å²) in [6.07, 6.45) is 2.49. The van der Waals surface area contributed by atoms with E-state index in [-0.39, 0.29) is 11.8 Å². The van der Waals surface area contributed by atoms with Gasteiger partial charge < -0.3 is 4.74 Å². The average Bonchev–Trinajstić information content (AvgIpc) is 2.09. The zero-order valence-electron chi connectivity index (χ0n) is 8.82. The van der Waals surface area contributed by atoms with E-state index >= 15 is 0 Å². The van der Waals surface area contributed by atoms with Crippen LogP contribution in [0, 0.1) is 0 Å². The van der Waals surface area contributed by atoms with Crippen molar-refractivity contribution in [3.05, 3.63) is 0 Å². The van der Waals surface area contributed by atoms with Gasteiger partial charge in [-0.15, -0.1) is 0 Å². The third-order valence-corrected chi connectivity index (χ3v) is 2.86. The van der Waals surface area contributed by atoms with Crippen LogP contribution in [0.1, 0.15) is 19.8 Å². The Morgan fingerprint density at radius 3 is 2.50 bits per heavy atom. The smallest absolute Gasteiger partial charge is 0.147 e. The predicted molar refractivity (Wildman–Crippen MR) is 56.5 cm³/mol. The summed E-state index contributed by atoms with van der Waals surface area (Å²) in [5.41, 5.74) is 2.59. The number of hydrogen-bond acceptors (Lipinski definition) is 5. The maximum atomic E-state index is 10.9. The summed E-state index contributed by atoms with van der Waals surface area (Å²) in [5, 5.41) is 0. The van der Waals surface area contributed by atoms with E-state index in [1.165, 1.54) is 6.26 Å². The number of hydrazine groups is 1. The molecule has 0 aliphatic heterocycles. The van der Waals surface area contributed by atoms with Crippen LogP contribution >= 0.6 is 0 Å². The molecule has 0 radical (unpaired) electrons. The Bertz CT molecular complexity index is 229. The zero-order chi connectivity index (χ0) is 11.0. The molecular weight excluding hydrogens is 204 g/mol. The fourth-order valence-electron chi connectivity index (χ4n) is 1.04. The minimum atomic E-state index is -2.90. The standard InChI is InChI=1S/C8H20N2O3S/c1-3-13-6-4-8(10-9)5-7-14(2,11)12/h8,10H,3-7,9H2,1-2H3. The van der Waals surface area contributed by atoms with Gasteiger partial charge in [-0.1, -0.05) is 0 Å². The van der Waals surface area contributed by atoms with Gasteiger partial charge in [0.05, 0.1) is 5.75 Å². The molecule has 0 bridgehead atoms. The Balaban J connectivity index is 3.69. The fraction of sp³-hybridized carbons (Fsp3) is 1.00. The first kappa shape index (κ1) is 13.8. The topological polar surface area (TPSA) is 81.4 Å². The molecule has 1 unspecified atom stereocenters. The molecule has 86 valence electrons. The number of ether oxygens (including phenoxy) is 1. The van der Waals surface area contributed by atoms with Crippen molar-refractivity contribution in [3.63, 3.8) is 0 Å². The van der Waals surface area contributed by atoms with Crippen LogP contribution in [0.4, 0.5) is 0 Å². The van der Waals surface area contributed by atoms with Crippen LogP contribution in [0.3, 0.4) is 0 Å². The SMILES string of the molecule is CCOCCC(CCS(C)(=O)=O)NN. The molecule has 6 heteroatoms. The third kappa shape index (κ3) is 8.43. The molecule has 0 fully saturated rings. The first-order valence-electron chi connectivity index (χ1n) is 4.71. The highest BCUT2D eigenvalue weighted by molar-refractivity contribution is 7.90. The van der Waals surface area contributed by atoms with Gasteiger partial charge in [0.1, 0.15) is 9.84 Å². The maximum Gasteiger partial charge on any atom is 0.147 e. The van der Waals surface area contributed by atoms with Crippen molar-refractivity contribution in [2.45, 2.75) is 25.8 Å². The number of sulfone groups is 1. The molecule has 0 aliphatic carbocycles. The lowest BCUT2D eigenvalue weighted by atomic mass is 10.2. The molecule has 0 aromatic carbocycles. The molecule has 0 aliphatic rings. The molecular formula is C8H20N2O3S. The van der Waals surface area contributed by atoms with Crippen LogP contribution < -0.4 is 11.3 Å². The van der Waals surface area contributed by atoms with E-state index < -0.39 is 9.84 Å². The lowest BCUT2D eigenvalue weighted by Crippen LogP contribution is -2.37. The second kappa shape index (κ2) is 7.17. The van der Waals surface area contributed by atoms with Crippen molar-refractivity contribution in [1.29, 1.82) is 0 Å². The molecule has 0 spiro atoms. The fourth-order valence-corrected chi connectivity index (χ4v) is 1.75. The lowest BCUT2D eigenvalue weighted by Gasteiger charge is -2.14. The Kier molecular flexibility index (Phi) is 7.08. The molecule has 0 aromatic heterocycles. The highest BCUT2D eigenvalue weighted by Gasteiger charge is 2.10. The first-order valence-corrected chi connectivity index (χ1v) is 6.77. The Hall–Kier alpha value is -0.170. The van der Waals surface area contributed by atoms with Crippen LogP contribution in [0.5, 0.6) is 0 Å². The van der Waals surface area contributed by atoms with E-state index in [0.29, 0.717) is 19.6 Å². The first-order chi connectivity index (χ1) is 6.49. The van der Waals surface area contributed by atoms with Gasteiger partial charge in [0.2, 0.25) is 0 Å². The van der Waals surface area contributed by atoms with Crippen molar-refractivity contribution < 1.29 is 13.2 Å². The second-order valence-electron chi connectivity index (χ2n) is 3.27. The van der Waals surface area contributed by atoms with Crippen molar-refractivity contribution in [2.75, 3.05) is 25.2 Å². The highest BCUT2D eigenvalue weighted by atomic mass is 32.2. The Morgan fingerprint density at radius 1 is 1.43 bits per heavy atom. The summed E-state index contributed by atoms with van der Waals surface area (Å²) in [6.45, 7) is 3.19. The van der Waals surface area contributed by atoms with Gasteiger partial charge in [-0.05, 0) is 19.8 Å². The monoisotopic (exact) mass is 224 g/mol. The van der Waals surface area contributed by atoms with E-state index in [0.717, 1.165) is 6.42 Å². The minimum absolute atomic E-state index is 0.0104. The molecule has 3 N–H and O–H groups in total. The van der Waals surface area contributed by atoms with Gasteiger partial charge in [0.15, 0.2) is 0 Å². The number of nitrogens with one attached hydrogen (secondary N) is 1. The molecule has 0 aromatic rings.